The molecule has 0 unspecified atom stereocenters. The van der Waals surface area contributed by atoms with Crippen LogP contribution in [0.15, 0.2) is 72.8 Å². The maximum absolute atomic E-state index is 13.8. The van der Waals surface area contributed by atoms with Crippen LogP contribution in [0.25, 0.3) is 0 Å². The smallest absolute Gasteiger partial charge is 0.357 e. The van der Waals surface area contributed by atoms with Crippen molar-refractivity contribution in [3.63, 3.8) is 0 Å². The van der Waals surface area contributed by atoms with Crippen LogP contribution in [-0.2, 0) is 38.8 Å². The Balaban J connectivity index is 2.06. The van der Waals surface area contributed by atoms with Gasteiger partial charge in [0.25, 0.3) is 0 Å². The largest absolute Gasteiger partial charge is 0.417 e. The molecule has 214 valence electrons. The van der Waals surface area contributed by atoms with Crippen molar-refractivity contribution in [2.24, 2.45) is 0 Å². The zero-order valence-corrected chi connectivity index (χ0v) is 23.8. The van der Waals surface area contributed by atoms with E-state index >= 15 is 0 Å². The molecule has 1 N–H and O–H groups in total. The second kappa shape index (κ2) is 12.9. The maximum atomic E-state index is 13.8. The van der Waals surface area contributed by atoms with E-state index in [-0.39, 0.29) is 13.0 Å². The third kappa shape index (κ3) is 8.12. The first-order valence-corrected chi connectivity index (χ1v) is 14.4. The molecule has 0 aliphatic heterocycles. The average molecular weight is 616 g/mol. The molecule has 13 heteroatoms. The molecule has 3 aromatic rings. The number of nitrogens with zero attached hydrogens (tertiary/aromatic N) is 2. The van der Waals surface area contributed by atoms with Gasteiger partial charge >= 0.3 is 6.18 Å². The van der Waals surface area contributed by atoms with Crippen LogP contribution in [0.1, 0.15) is 16.7 Å². The molecule has 0 radical (unpaired) electrons. The van der Waals surface area contributed by atoms with Crippen molar-refractivity contribution in [2.75, 3.05) is 24.2 Å². The van der Waals surface area contributed by atoms with Crippen molar-refractivity contribution in [3.8, 4) is 0 Å². The Morgan fingerprint density at radius 2 is 1.57 bits per heavy atom. The Labute approximate surface area is 240 Å². The molecule has 0 aromatic heterocycles. The molecule has 0 aliphatic carbocycles. The van der Waals surface area contributed by atoms with E-state index in [0.717, 1.165) is 24.0 Å². The minimum Gasteiger partial charge on any atom is -0.357 e. The van der Waals surface area contributed by atoms with E-state index in [9.17, 15) is 31.2 Å². The number of benzene rings is 3. The lowest BCUT2D eigenvalue weighted by Crippen LogP contribution is -2.52. The summed E-state index contributed by atoms with van der Waals surface area (Å²) in [5, 5.41) is 2.36. The van der Waals surface area contributed by atoms with Gasteiger partial charge in [0.15, 0.2) is 0 Å². The number of amides is 2. The quantitative estimate of drug-likeness (QED) is 0.341. The highest BCUT2D eigenvalue weighted by Crippen LogP contribution is 2.37. The van der Waals surface area contributed by atoms with Crippen molar-refractivity contribution in [1.29, 1.82) is 0 Å². The number of carbonyl (C=O) groups is 2. The highest BCUT2D eigenvalue weighted by molar-refractivity contribution is 7.92. The number of alkyl halides is 3. The van der Waals surface area contributed by atoms with Crippen molar-refractivity contribution < 1.29 is 31.2 Å². The number of nitrogens with one attached hydrogen (secondary N) is 1. The number of anilines is 1. The Hall–Kier alpha value is -3.28. The van der Waals surface area contributed by atoms with E-state index in [2.05, 4.69) is 5.32 Å². The van der Waals surface area contributed by atoms with Crippen LogP contribution in [-0.4, -0.2) is 51.0 Å². The molecule has 40 heavy (non-hydrogen) atoms. The molecule has 0 spiro atoms. The summed E-state index contributed by atoms with van der Waals surface area (Å²) in [5.41, 5.74) is -0.328. The average Bonchev–Trinajstić information content (AvgIpc) is 2.89. The molecule has 0 aliphatic rings. The number of likely N-dealkylation sites (N-methyl/N-ethyl adjacent to an activating group) is 1. The molecule has 0 saturated carbocycles. The zero-order valence-electron chi connectivity index (χ0n) is 21.5. The molecule has 0 bridgehead atoms. The molecule has 7 nitrogen and oxygen atoms in total. The van der Waals surface area contributed by atoms with E-state index in [1.807, 2.05) is 0 Å². The lowest BCUT2D eigenvalue weighted by molar-refractivity contribution is -0.139. The molecular weight excluding hydrogens is 590 g/mol. The lowest BCUT2D eigenvalue weighted by atomic mass is 10.0. The normalized spacial score (nSPS) is 12.5. The van der Waals surface area contributed by atoms with Gasteiger partial charge < -0.3 is 10.2 Å². The third-order valence-corrected chi connectivity index (χ3v) is 7.73. The van der Waals surface area contributed by atoms with Crippen molar-refractivity contribution >= 4 is 50.7 Å². The first-order valence-electron chi connectivity index (χ1n) is 11.8. The summed E-state index contributed by atoms with van der Waals surface area (Å²) in [5.74, 6) is -1.32. The van der Waals surface area contributed by atoms with Gasteiger partial charge in [-0.25, -0.2) is 8.42 Å². The fraction of sp³-hybridized carbons (Fsp3) is 0.259. The van der Waals surface area contributed by atoms with Crippen LogP contribution in [0.4, 0.5) is 18.9 Å². The van der Waals surface area contributed by atoms with E-state index in [1.165, 1.54) is 11.9 Å². The number of sulfonamides is 1. The van der Waals surface area contributed by atoms with Crippen LogP contribution >= 0.6 is 23.2 Å². The second-order valence-electron chi connectivity index (χ2n) is 8.90. The van der Waals surface area contributed by atoms with E-state index in [0.29, 0.717) is 21.0 Å². The summed E-state index contributed by atoms with van der Waals surface area (Å²) < 4.78 is 66.5. The zero-order chi connectivity index (χ0) is 29.7. The summed E-state index contributed by atoms with van der Waals surface area (Å²) in [6.07, 6.45) is -4.00. The molecule has 0 saturated heterocycles. The predicted octanol–water partition coefficient (Wildman–Crippen LogP) is 5.16. The number of carbonyl (C=O) groups excluding carboxylic acids is 2. The summed E-state index contributed by atoms with van der Waals surface area (Å²) in [6, 6.07) is 16.9. The summed E-state index contributed by atoms with van der Waals surface area (Å²) in [4.78, 5) is 28.1. The molecule has 3 aromatic carbocycles. The van der Waals surface area contributed by atoms with Crippen molar-refractivity contribution in [2.45, 2.75) is 25.2 Å². The fourth-order valence-electron chi connectivity index (χ4n) is 4.01. The predicted molar refractivity (Wildman–Crippen MR) is 149 cm³/mol. The van der Waals surface area contributed by atoms with Gasteiger partial charge in [0.2, 0.25) is 21.8 Å². The van der Waals surface area contributed by atoms with Gasteiger partial charge in [0, 0.05) is 25.0 Å². The minimum atomic E-state index is -4.86. The van der Waals surface area contributed by atoms with E-state index < -0.39 is 56.9 Å². The molecule has 0 fully saturated rings. The van der Waals surface area contributed by atoms with Crippen LogP contribution in [0.2, 0.25) is 10.0 Å². The summed E-state index contributed by atoms with van der Waals surface area (Å²) >= 11 is 11.7. The highest BCUT2D eigenvalue weighted by atomic mass is 35.5. The van der Waals surface area contributed by atoms with Gasteiger partial charge in [-0.3, -0.25) is 13.9 Å². The molecule has 1 atom stereocenters. The van der Waals surface area contributed by atoms with Gasteiger partial charge in [0.05, 0.1) is 22.5 Å². The first-order chi connectivity index (χ1) is 18.7. The maximum Gasteiger partial charge on any atom is 0.417 e. The number of halogens is 5. The second-order valence-corrected chi connectivity index (χ2v) is 11.6. The van der Waals surface area contributed by atoms with Crippen LogP contribution in [0.5, 0.6) is 0 Å². The van der Waals surface area contributed by atoms with E-state index in [4.69, 9.17) is 23.2 Å². The van der Waals surface area contributed by atoms with Crippen molar-refractivity contribution in [3.05, 3.63) is 99.5 Å². The SMILES string of the molecule is CNC(=O)[C@@H](Cc1ccccc1)N(Cc1ccc(Cl)cc1)C(=O)CN(c1ccc(Cl)c(C(F)(F)F)c1)S(C)(=O)=O. The van der Waals surface area contributed by atoms with Gasteiger partial charge in [-0.15, -0.1) is 0 Å². The molecule has 3 rings (SSSR count). The summed E-state index contributed by atoms with van der Waals surface area (Å²) in [7, 11) is -2.85. The topological polar surface area (TPSA) is 86.8 Å². The van der Waals surface area contributed by atoms with Crippen LogP contribution < -0.4 is 9.62 Å². The molecule has 0 heterocycles. The van der Waals surface area contributed by atoms with Gasteiger partial charge in [-0.1, -0.05) is 65.7 Å². The lowest BCUT2D eigenvalue weighted by Gasteiger charge is -2.33. The highest BCUT2D eigenvalue weighted by Gasteiger charge is 2.36. The third-order valence-electron chi connectivity index (χ3n) is 6.01. The Bertz CT molecular complexity index is 1450. The van der Waals surface area contributed by atoms with E-state index in [1.54, 1.807) is 54.6 Å². The van der Waals surface area contributed by atoms with Crippen molar-refractivity contribution in [1.82, 2.24) is 10.2 Å². The fourth-order valence-corrected chi connectivity index (χ4v) is 5.20. The monoisotopic (exact) mass is 615 g/mol. The number of hydrogen-bond acceptors (Lipinski definition) is 4. The Morgan fingerprint density at radius 3 is 2.12 bits per heavy atom. The van der Waals surface area contributed by atoms with Gasteiger partial charge in [-0.2, -0.15) is 13.2 Å². The van der Waals surface area contributed by atoms with Crippen LogP contribution in [0.3, 0.4) is 0 Å². The standard InChI is InChI=1S/C27H26Cl2F3N3O4S/c1-33-26(37)24(14-18-6-4-3-5-7-18)34(16-19-8-10-20(28)11-9-19)25(36)17-35(40(2,38)39)21-12-13-23(29)22(15-21)27(30,31)32/h3-13,15,24H,14,16-17H2,1-2H3,(H,33,37)/t24-/m1/s1. The van der Waals surface area contributed by atoms with Crippen LogP contribution in [0, 0.1) is 0 Å². The number of hydrogen-bond donors (Lipinski definition) is 1. The molecule has 2 amide bonds. The molecular formula is C27H26Cl2F3N3O4S. The minimum absolute atomic E-state index is 0.0951. The van der Waals surface area contributed by atoms with Gasteiger partial charge in [-0.05, 0) is 41.5 Å². The number of rotatable bonds is 10. The Morgan fingerprint density at radius 1 is 0.950 bits per heavy atom. The summed E-state index contributed by atoms with van der Waals surface area (Å²) in [6.45, 7) is -0.972. The Kier molecular flexibility index (Phi) is 10.1. The van der Waals surface area contributed by atoms with Gasteiger partial charge in [0.1, 0.15) is 12.6 Å². The first kappa shape index (κ1) is 31.3.